The number of carbonyl (C=O) groups is 2. The number of carbonyl (C=O) groups excluding carboxylic acids is 2. The molecule has 17 nitrogen and oxygen atoms in total. The van der Waals surface area contributed by atoms with Crippen molar-refractivity contribution in [1.82, 2.24) is 39.8 Å². The van der Waals surface area contributed by atoms with Crippen LogP contribution in [-0.2, 0) is 16.6 Å². The summed E-state index contributed by atoms with van der Waals surface area (Å²) in [5.74, 6) is -1.99. The van der Waals surface area contributed by atoms with E-state index in [2.05, 4.69) is 36.1 Å². The van der Waals surface area contributed by atoms with Gasteiger partial charge in [0.15, 0.2) is 29.3 Å². The van der Waals surface area contributed by atoms with E-state index in [1.165, 1.54) is 22.5 Å². The summed E-state index contributed by atoms with van der Waals surface area (Å²) in [5.41, 5.74) is 5.22. The van der Waals surface area contributed by atoms with Crippen LogP contribution in [0.25, 0.3) is 11.2 Å². The third kappa shape index (κ3) is 3.98. The first kappa shape index (κ1) is 23.0. The summed E-state index contributed by atoms with van der Waals surface area (Å²) in [6.07, 6.45) is -1.87. The number of imidazole rings is 2. The molecule has 1 saturated heterocycles. The Balaban J connectivity index is 1.54. The largest absolute Gasteiger partial charge is 0.387 e. The van der Waals surface area contributed by atoms with E-state index in [1.54, 1.807) is 6.92 Å². The molecule has 0 unspecified atom stereocenters. The Morgan fingerprint density at radius 2 is 2.03 bits per heavy atom. The number of hydrazine groups is 1. The molecule has 3 aromatic rings. The number of amides is 2. The van der Waals surface area contributed by atoms with E-state index in [9.17, 15) is 29.9 Å². The van der Waals surface area contributed by atoms with Crippen LogP contribution in [0.3, 0.4) is 0 Å². The molecule has 0 saturated carbocycles. The van der Waals surface area contributed by atoms with Gasteiger partial charge in [-0.3, -0.25) is 25.0 Å². The quantitative estimate of drug-likeness (QED) is 0.184. The molecule has 2 amide bonds. The van der Waals surface area contributed by atoms with E-state index in [-0.39, 0.29) is 22.8 Å². The highest BCUT2D eigenvalue weighted by molar-refractivity contribution is 5.93. The van der Waals surface area contributed by atoms with Gasteiger partial charge in [-0.05, 0) is 16.8 Å². The first-order valence-electron chi connectivity index (χ1n) is 9.93. The molecule has 4 rings (SSSR count). The number of hydrogen-bond donors (Lipinski definition) is 5. The Morgan fingerprint density at radius 1 is 1.26 bits per heavy atom. The number of aliphatic hydroxyl groups excluding tert-OH is 2. The smallest absolute Gasteiger partial charge is 0.382 e. The topological polar surface area (TPSA) is 224 Å². The highest BCUT2D eigenvalue weighted by Gasteiger charge is 2.47. The van der Waals surface area contributed by atoms with Crippen molar-refractivity contribution in [2.24, 2.45) is 7.05 Å². The molecule has 1 aliphatic rings. The molecule has 180 valence electrons. The van der Waals surface area contributed by atoms with E-state index in [0.29, 0.717) is 6.54 Å². The summed E-state index contributed by atoms with van der Waals surface area (Å²) >= 11 is 0. The zero-order valence-electron chi connectivity index (χ0n) is 17.8. The van der Waals surface area contributed by atoms with Crippen molar-refractivity contribution in [2.75, 3.05) is 12.0 Å². The molecule has 17 heteroatoms. The number of nitrogens with one attached hydrogen (secondary N) is 3. The van der Waals surface area contributed by atoms with Gasteiger partial charge in [0.1, 0.15) is 24.7 Å². The summed E-state index contributed by atoms with van der Waals surface area (Å²) in [5, 5.41) is 34.1. The first-order valence-corrected chi connectivity index (χ1v) is 9.93. The van der Waals surface area contributed by atoms with Crippen LogP contribution in [0.15, 0.2) is 18.9 Å². The van der Waals surface area contributed by atoms with E-state index in [4.69, 9.17) is 4.74 Å². The van der Waals surface area contributed by atoms with Crippen LogP contribution >= 0.6 is 0 Å². The number of nitrogens with zero attached hydrogens (tertiary/aromatic N) is 7. The van der Waals surface area contributed by atoms with Gasteiger partial charge in [0.25, 0.3) is 5.91 Å². The van der Waals surface area contributed by atoms with Crippen LogP contribution in [0, 0.1) is 10.1 Å². The summed E-state index contributed by atoms with van der Waals surface area (Å²) in [7, 11) is 1.43. The Morgan fingerprint density at radius 3 is 2.71 bits per heavy atom. The van der Waals surface area contributed by atoms with Gasteiger partial charge in [-0.2, -0.15) is 0 Å². The normalized spacial score (nSPS) is 22.0. The molecule has 0 aromatic carbocycles. The maximum Gasteiger partial charge on any atom is 0.382 e. The number of aliphatic hydroxyl groups is 2. The second-order valence-corrected chi connectivity index (χ2v) is 7.24. The van der Waals surface area contributed by atoms with Crippen molar-refractivity contribution in [3.05, 3.63) is 34.8 Å². The second kappa shape index (κ2) is 8.96. The van der Waals surface area contributed by atoms with Crippen LogP contribution in [0.5, 0.6) is 0 Å². The lowest BCUT2D eigenvalue weighted by Gasteiger charge is -2.16. The summed E-state index contributed by atoms with van der Waals surface area (Å²) in [6, 6.07) is 0. The van der Waals surface area contributed by atoms with Gasteiger partial charge in [0.2, 0.25) is 0 Å². The molecule has 4 atom stereocenters. The molecule has 0 radical (unpaired) electrons. The van der Waals surface area contributed by atoms with Crippen LogP contribution in [-0.4, -0.2) is 80.9 Å². The maximum atomic E-state index is 12.4. The van der Waals surface area contributed by atoms with E-state index in [1.807, 2.05) is 0 Å². The van der Waals surface area contributed by atoms with Crippen molar-refractivity contribution >= 4 is 34.6 Å². The summed E-state index contributed by atoms with van der Waals surface area (Å²) in [4.78, 5) is 50.6. The molecular weight excluding hydrogens is 456 g/mol. The van der Waals surface area contributed by atoms with Crippen molar-refractivity contribution in [2.45, 2.75) is 31.5 Å². The fraction of sp³-hybridized carbons (Fsp3) is 0.412. The Labute approximate surface area is 189 Å². The minimum atomic E-state index is -1.48. The fourth-order valence-corrected chi connectivity index (χ4v) is 3.43. The van der Waals surface area contributed by atoms with Crippen LogP contribution < -0.4 is 16.2 Å². The zero-order chi connectivity index (χ0) is 24.6. The zero-order valence-corrected chi connectivity index (χ0v) is 17.8. The summed E-state index contributed by atoms with van der Waals surface area (Å²) in [6.45, 7) is 2.02. The molecule has 4 heterocycles. The SMILES string of the molecule is CCNC(=O)[C@@H]1O[C@H](n2cnc3c(NNC(=O)c4nc([N+](=O)[O-])cn4C)ncnc32)[C@@H](O)[C@H]1O. The molecular formula is C17H20N10O7. The minimum Gasteiger partial charge on any atom is -0.387 e. The molecule has 1 fully saturated rings. The molecule has 5 N–H and O–H groups in total. The van der Waals surface area contributed by atoms with Gasteiger partial charge in [-0.1, -0.05) is 0 Å². The number of rotatable bonds is 7. The first-order chi connectivity index (χ1) is 16.2. The van der Waals surface area contributed by atoms with Gasteiger partial charge in [0.05, 0.1) is 6.33 Å². The maximum absolute atomic E-state index is 12.4. The van der Waals surface area contributed by atoms with Crippen molar-refractivity contribution in [3.8, 4) is 0 Å². The van der Waals surface area contributed by atoms with E-state index in [0.717, 1.165) is 12.5 Å². The highest BCUT2D eigenvalue weighted by atomic mass is 16.6. The van der Waals surface area contributed by atoms with Crippen LogP contribution in [0.1, 0.15) is 23.8 Å². The Kier molecular flexibility index (Phi) is 6.05. The predicted octanol–water partition coefficient (Wildman–Crippen LogP) is -2.02. The average molecular weight is 476 g/mol. The number of ether oxygens (including phenoxy) is 1. The number of aromatic nitrogens is 6. The van der Waals surface area contributed by atoms with Gasteiger partial charge < -0.3 is 34.9 Å². The second-order valence-electron chi connectivity index (χ2n) is 7.24. The molecule has 0 bridgehead atoms. The minimum absolute atomic E-state index is 0.0640. The van der Waals surface area contributed by atoms with Gasteiger partial charge >= 0.3 is 17.5 Å². The average Bonchev–Trinajstić information content (AvgIpc) is 3.49. The molecule has 0 spiro atoms. The third-order valence-electron chi connectivity index (χ3n) is 5.03. The predicted molar refractivity (Wildman–Crippen MR) is 111 cm³/mol. The van der Waals surface area contributed by atoms with Gasteiger partial charge in [-0.15, -0.1) is 0 Å². The number of nitro groups is 1. The van der Waals surface area contributed by atoms with Crippen molar-refractivity contribution < 1.29 is 29.5 Å². The number of anilines is 1. The van der Waals surface area contributed by atoms with Crippen LogP contribution in [0.4, 0.5) is 11.6 Å². The van der Waals surface area contributed by atoms with E-state index < -0.39 is 47.1 Å². The third-order valence-corrected chi connectivity index (χ3v) is 5.03. The lowest BCUT2D eigenvalue weighted by atomic mass is 10.1. The number of likely N-dealkylation sites (N-methyl/N-ethyl adjacent to an activating group) is 1. The van der Waals surface area contributed by atoms with Gasteiger partial charge in [0, 0.05) is 13.6 Å². The lowest BCUT2D eigenvalue weighted by molar-refractivity contribution is -0.389. The number of aryl methyl sites for hydroxylation is 1. The highest BCUT2D eigenvalue weighted by Crippen LogP contribution is 2.32. The molecule has 0 aliphatic carbocycles. The van der Waals surface area contributed by atoms with Crippen LogP contribution in [0.2, 0.25) is 0 Å². The van der Waals surface area contributed by atoms with Gasteiger partial charge in [-0.25, -0.2) is 15.0 Å². The summed E-state index contributed by atoms with van der Waals surface area (Å²) < 4.78 is 8.09. The lowest BCUT2D eigenvalue weighted by Crippen LogP contribution is -2.42. The molecule has 34 heavy (non-hydrogen) atoms. The van der Waals surface area contributed by atoms with E-state index >= 15 is 0 Å². The Hall–Kier alpha value is -4.22. The molecule has 1 aliphatic heterocycles. The molecule has 3 aromatic heterocycles. The fourth-order valence-electron chi connectivity index (χ4n) is 3.43. The van der Waals surface area contributed by atoms with Crippen molar-refractivity contribution in [1.29, 1.82) is 0 Å². The monoisotopic (exact) mass is 476 g/mol. The number of fused-ring (bicyclic) bond motifs is 1. The standard InChI is InChI=1S/C17H20N10O7/c1-3-18-15(30)11-9(28)10(29)17(34-11)26-6-21-8-12(19-5-20-13(8)26)23-24-16(31)14-22-7(27(32)33)4-25(14)2/h4-6,9-11,17,28-29H,3H2,1-2H3,(H,18,30)(H,24,31)(H,19,20,23)/t9-,10+,11-,17+/m1/s1. The Bertz CT molecular complexity index is 1260. The van der Waals surface area contributed by atoms with Crippen molar-refractivity contribution in [3.63, 3.8) is 0 Å². The number of hydrogen-bond acceptors (Lipinski definition) is 12.